The van der Waals surface area contributed by atoms with Crippen LogP contribution in [0.3, 0.4) is 0 Å². The molecule has 108 valence electrons. The number of nitro benzene ring substituents is 1. The van der Waals surface area contributed by atoms with Crippen molar-refractivity contribution in [1.29, 1.82) is 0 Å². The van der Waals surface area contributed by atoms with E-state index in [1.807, 2.05) is 0 Å². The van der Waals surface area contributed by atoms with E-state index < -0.39 is 33.7 Å². The van der Waals surface area contributed by atoms with Crippen LogP contribution < -0.4 is 11.1 Å². The lowest BCUT2D eigenvalue weighted by Crippen LogP contribution is -2.42. The Hall–Kier alpha value is -2.51. The van der Waals surface area contributed by atoms with Crippen LogP contribution in [-0.4, -0.2) is 23.3 Å². The number of hydrogen-bond acceptors (Lipinski definition) is 4. The van der Waals surface area contributed by atoms with Gasteiger partial charge in [-0.3, -0.25) is 19.7 Å². The number of amides is 2. The van der Waals surface area contributed by atoms with Crippen molar-refractivity contribution in [2.75, 3.05) is 6.54 Å². The van der Waals surface area contributed by atoms with Crippen LogP contribution in [0.5, 0.6) is 0 Å². The molecular formula is C12H14FN3O4. The molecule has 0 atom stereocenters. The number of primary amides is 1. The first kappa shape index (κ1) is 15.5. The van der Waals surface area contributed by atoms with Crippen molar-refractivity contribution in [3.05, 3.63) is 39.7 Å². The van der Waals surface area contributed by atoms with Crippen molar-refractivity contribution >= 4 is 17.5 Å². The van der Waals surface area contributed by atoms with E-state index in [2.05, 4.69) is 5.32 Å². The summed E-state index contributed by atoms with van der Waals surface area (Å²) in [6.07, 6.45) is 0. The van der Waals surface area contributed by atoms with Crippen LogP contribution in [0.15, 0.2) is 18.2 Å². The predicted molar refractivity (Wildman–Crippen MR) is 68.4 cm³/mol. The lowest BCUT2D eigenvalue weighted by molar-refractivity contribution is -0.387. The lowest BCUT2D eigenvalue weighted by Gasteiger charge is -2.20. The molecule has 1 aromatic carbocycles. The van der Waals surface area contributed by atoms with E-state index in [1.54, 1.807) is 13.8 Å². The summed E-state index contributed by atoms with van der Waals surface area (Å²) in [4.78, 5) is 32.5. The molecule has 0 spiro atoms. The molecule has 8 heteroatoms. The normalized spacial score (nSPS) is 10.9. The Balaban J connectivity index is 2.86. The fourth-order valence-electron chi connectivity index (χ4n) is 1.28. The highest BCUT2D eigenvalue weighted by Crippen LogP contribution is 2.19. The highest BCUT2D eigenvalue weighted by atomic mass is 19.1. The zero-order valence-electron chi connectivity index (χ0n) is 11.0. The van der Waals surface area contributed by atoms with Gasteiger partial charge < -0.3 is 11.1 Å². The van der Waals surface area contributed by atoms with Gasteiger partial charge in [0.1, 0.15) is 0 Å². The number of nitro groups is 1. The summed E-state index contributed by atoms with van der Waals surface area (Å²) in [5.41, 5.74) is 3.34. The first-order valence-electron chi connectivity index (χ1n) is 5.67. The molecule has 2 amide bonds. The van der Waals surface area contributed by atoms with E-state index in [1.165, 1.54) is 0 Å². The van der Waals surface area contributed by atoms with Crippen LogP contribution in [0.25, 0.3) is 0 Å². The maximum Gasteiger partial charge on any atom is 0.305 e. The largest absolute Gasteiger partial charge is 0.369 e. The van der Waals surface area contributed by atoms with Gasteiger partial charge >= 0.3 is 5.69 Å². The fourth-order valence-corrected chi connectivity index (χ4v) is 1.28. The van der Waals surface area contributed by atoms with Crippen molar-refractivity contribution in [2.24, 2.45) is 11.1 Å². The summed E-state index contributed by atoms with van der Waals surface area (Å²) in [5.74, 6) is -2.27. The van der Waals surface area contributed by atoms with Crippen LogP contribution in [0.1, 0.15) is 24.2 Å². The van der Waals surface area contributed by atoms with Gasteiger partial charge in [0.25, 0.3) is 5.91 Å². The molecule has 1 rings (SSSR count). The summed E-state index contributed by atoms with van der Waals surface area (Å²) in [6.45, 7) is 3.05. The predicted octanol–water partition coefficient (Wildman–Crippen LogP) is 0.975. The van der Waals surface area contributed by atoms with Crippen molar-refractivity contribution in [1.82, 2.24) is 5.32 Å². The van der Waals surface area contributed by atoms with Crippen molar-refractivity contribution in [3.63, 3.8) is 0 Å². The molecule has 0 bridgehead atoms. The standard InChI is InChI=1S/C12H14FN3O4/c1-12(2,11(14)18)6-15-10(17)7-3-4-8(13)9(5-7)16(19)20/h3-5H,6H2,1-2H3,(H2,14,18)(H,15,17). The molecular weight excluding hydrogens is 269 g/mol. The Labute approximate surface area is 114 Å². The third-order valence-corrected chi connectivity index (χ3v) is 2.76. The first-order valence-corrected chi connectivity index (χ1v) is 5.67. The van der Waals surface area contributed by atoms with Gasteiger partial charge in [0.2, 0.25) is 11.7 Å². The number of halogens is 1. The van der Waals surface area contributed by atoms with E-state index in [4.69, 9.17) is 5.73 Å². The van der Waals surface area contributed by atoms with Crippen LogP contribution in [0.2, 0.25) is 0 Å². The highest BCUT2D eigenvalue weighted by Gasteiger charge is 2.26. The fraction of sp³-hybridized carbons (Fsp3) is 0.333. The summed E-state index contributed by atoms with van der Waals surface area (Å²) in [7, 11) is 0. The SMILES string of the molecule is CC(C)(CNC(=O)c1ccc(F)c([N+](=O)[O-])c1)C(N)=O. The maximum absolute atomic E-state index is 13.1. The average molecular weight is 283 g/mol. The lowest BCUT2D eigenvalue weighted by atomic mass is 9.92. The van der Waals surface area contributed by atoms with Gasteiger partial charge in [-0.25, -0.2) is 0 Å². The molecule has 0 saturated heterocycles. The minimum atomic E-state index is -1.02. The van der Waals surface area contributed by atoms with Crippen molar-refractivity contribution in [2.45, 2.75) is 13.8 Å². The first-order chi connectivity index (χ1) is 9.15. The second-order valence-corrected chi connectivity index (χ2v) is 4.85. The Morgan fingerprint density at radius 2 is 2.05 bits per heavy atom. The second kappa shape index (κ2) is 5.64. The minimum absolute atomic E-state index is 0.0354. The van der Waals surface area contributed by atoms with E-state index >= 15 is 0 Å². The number of nitrogens with zero attached hydrogens (tertiary/aromatic N) is 1. The topological polar surface area (TPSA) is 115 Å². The zero-order chi connectivity index (χ0) is 15.5. The molecule has 0 aliphatic heterocycles. The molecule has 20 heavy (non-hydrogen) atoms. The molecule has 0 aliphatic rings. The van der Waals surface area contributed by atoms with Crippen LogP contribution >= 0.6 is 0 Å². The number of carbonyl (C=O) groups excluding carboxylic acids is 2. The summed E-state index contributed by atoms with van der Waals surface area (Å²) < 4.78 is 13.1. The molecule has 7 nitrogen and oxygen atoms in total. The molecule has 0 aliphatic carbocycles. The molecule has 0 saturated carbocycles. The van der Waals surface area contributed by atoms with Gasteiger partial charge in [-0.15, -0.1) is 0 Å². The molecule has 0 unspecified atom stereocenters. The van der Waals surface area contributed by atoms with Crippen molar-refractivity contribution in [3.8, 4) is 0 Å². The third-order valence-electron chi connectivity index (χ3n) is 2.76. The average Bonchev–Trinajstić information content (AvgIpc) is 2.36. The van der Waals surface area contributed by atoms with Crippen LogP contribution in [-0.2, 0) is 4.79 Å². The monoisotopic (exact) mass is 283 g/mol. The summed E-state index contributed by atoms with van der Waals surface area (Å²) in [6, 6.07) is 2.79. The minimum Gasteiger partial charge on any atom is -0.369 e. The quantitative estimate of drug-likeness (QED) is 0.618. The molecule has 0 fully saturated rings. The molecule has 0 heterocycles. The molecule has 0 radical (unpaired) electrons. The molecule has 3 N–H and O–H groups in total. The Morgan fingerprint density at radius 1 is 1.45 bits per heavy atom. The number of carbonyl (C=O) groups is 2. The number of nitrogens with one attached hydrogen (secondary N) is 1. The van der Waals surface area contributed by atoms with E-state index in [-0.39, 0.29) is 12.1 Å². The van der Waals surface area contributed by atoms with E-state index in [0.29, 0.717) is 0 Å². The van der Waals surface area contributed by atoms with Gasteiger partial charge in [0, 0.05) is 18.2 Å². The van der Waals surface area contributed by atoms with Crippen LogP contribution in [0, 0.1) is 21.3 Å². The highest BCUT2D eigenvalue weighted by molar-refractivity contribution is 5.95. The smallest absolute Gasteiger partial charge is 0.305 e. The molecule has 0 aromatic heterocycles. The Morgan fingerprint density at radius 3 is 2.55 bits per heavy atom. The van der Waals surface area contributed by atoms with E-state index in [0.717, 1.165) is 18.2 Å². The summed E-state index contributed by atoms with van der Waals surface area (Å²) >= 11 is 0. The van der Waals surface area contributed by atoms with Crippen molar-refractivity contribution < 1.29 is 18.9 Å². The third kappa shape index (κ3) is 3.50. The van der Waals surface area contributed by atoms with Gasteiger partial charge in [-0.05, 0) is 26.0 Å². The van der Waals surface area contributed by atoms with E-state index in [9.17, 15) is 24.1 Å². The Kier molecular flexibility index (Phi) is 4.38. The number of benzene rings is 1. The maximum atomic E-state index is 13.1. The summed E-state index contributed by atoms with van der Waals surface area (Å²) in [5, 5.41) is 13.0. The van der Waals surface area contributed by atoms with Crippen LogP contribution in [0.4, 0.5) is 10.1 Å². The number of hydrogen-bond donors (Lipinski definition) is 2. The number of rotatable bonds is 5. The van der Waals surface area contributed by atoms with Gasteiger partial charge in [-0.2, -0.15) is 4.39 Å². The van der Waals surface area contributed by atoms with Gasteiger partial charge in [-0.1, -0.05) is 0 Å². The van der Waals surface area contributed by atoms with Gasteiger partial charge in [0.05, 0.1) is 10.3 Å². The zero-order valence-corrected chi connectivity index (χ0v) is 11.0. The second-order valence-electron chi connectivity index (χ2n) is 4.85. The molecule has 1 aromatic rings. The number of nitrogens with two attached hydrogens (primary N) is 1. The Bertz CT molecular complexity index is 572. The van der Waals surface area contributed by atoms with Gasteiger partial charge in [0.15, 0.2) is 0 Å².